The number of carbonyl (C=O) groups excluding carboxylic acids is 2. The van der Waals surface area contributed by atoms with Gasteiger partial charge >= 0.3 is 6.16 Å². The van der Waals surface area contributed by atoms with E-state index in [2.05, 4.69) is 22.2 Å². The van der Waals surface area contributed by atoms with Gasteiger partial charge in [0.2, 0.25) is 0 Å². The molecule has 0 heterocycles. The molecule has 1 aliphatic rings. The van der Waals surface area contributed by atoms with E-state index in [1.807, 2.05) is 30.3 Å². The summed E-state index contributed by atoms with van der Waals surface area (Å²) in [6.45, 7) is 0.499. The quantitative estimate of drug-likeness (QED) is 0.743. The molecule has 0 unspecified atom stereocenters. The number of para-hydroxylation sites is 1. The van der Waals surface area contributed by atoms with Crippen LogP contribution in [0.1, 0.15) is 41.6 Å². The zero-order valence-corrected chi connectivity index (χ0v) is 16.9. The fourth-order valence-electron chi connectivity index (χ4n) is 3.98. The SMILES string of the molecule is COC(=O)O[C@H]1CC[C@@](CNC(=O)c2ccccc2OC)(c2ccccc2)CC1. The highest BCUT2D eigenvalue weighted by atomic mass is 16.7. The summed E-state index contributed by atoms with van der Waals surface area (Å²) in [6, 6.07) is 17.4. The molecule has 6 heteroatoms. The van der Waals surface area contributed by atoms with Crippen LogP contribution in [-0.4, -0.2) is 38.9 Å². The predicted molar refractivity (Wildman–Crippen MR) is 109 cm³/mol. The van der Waals surface area contributed by atoms with Gasteiger partial charge in [-0.05, 0) is 43.4 Å². The lowest BCUT2D eigenvalue weighted by atomic mass is 9.68. The Balaban J connectivity index is 1.74. The fraction of sp³-hybridized carbons (Fsp3) is 0.391. The number of rotatable bonds is 6. The summed E-state index contributed by atoms with van der Waals surface area (Å²) >= 11 is 0. The van der Waals surface area contributed by atoms with Crippen LogP contribution in [0.15, 0.2) is 54.6 Å². The van der Waals surface area contributed by atoms with Gasteiger partial charge in [-0.25, -0.2) is 4.79 Å². The van der Waals surface area contributed by atoms with Crippen LogP contribution in [0.25, 0.3) is 0 Å². The third-order valence-electron chi connectivity index (χ3n) is 5.64. The molecular formula is C23H27NO5. The molecule has 0 saturated heterocycles. The van der Waals surface area contributed by atoms with Crippen LogP contribution < -0.4 is 10.1 Å². The minimum Gasteiger partial charge on any atom is -0.496 e. The Hall–Kier alpha value is -3.02. The number of carbonyl (C=O) groups is 2. The average Bonchev–Trinajstić information content (AvgIpc) is 2.79. The van der Waals surface area contributed by atoms with Gasteiger partial charge in [0, 0.05) is 12.0 Å². The van der Waals surface area contributed by atoms with Crippen molar-refractivity contribution in [2.45, 2.75) is 37.2 Å². The van der Waals surface area contributed by atoms with Gasteiger partial charge in [-0.15, -0.1) is 0 Å². The van der Waals surface area contributed by atoms with Crippen molar-refractivity contribution in [1.29, 1.82) is 0 Å². The van der Waals surface area contributed by atoms with Crippen LogP contribution in [0.4, 0.5) is 4.79 Å². The highest BCUT2D eigenvalue weighted by molar-refractivity contribution is 5.96. The molecular weight excluding hydrogens is 370 g/mol. The smallest absolute Gasteiger partial charge is 0.496 e. The van der Waals surface area contributed by atoms with E-state index in [1.54, 1.807) is 19.2 Å². The van der Waals surface area contributed by atoms with Crippen molar-refractivity contribution in [2.24, 2.45) is 0 Å². The first-order valence-electron chi connectivity index (χ1n) is 9.79. The zero-order valence-electron chi connectivity index (χ0n) is 16.9. The fourth-order valence-corrected chi connectivity index (χ4v) is 3.98. The molecule has 29 heavy (non-hydrogen) atoms. The molecule has 0 radical (unpaired) electrons. The van der Waals surface area contributed by atoms with Gasteiger partial charge < -0.3 is 19.5 Å². The molecule has 1 aliphatic carbocycles. The van der Waals surface area contributed by atoms with Crippen LogP contribution in [0.3, 0.4) is 0 Å². The summed E-state index contributed by atoms with van der Waals surface area (Å²) in [4.78, 5) is 24.2. The first-order valence-corrected chi connectivity index (χ1v) is 9.79. The summed E-state index contributed by atoms with van der Waals surface area (Å²) in [6.07, 6.45) is 2.22. The predicted octanol–water partition coefficient (Wildman–Crippen LogP) is 4.09. The lowest BCUT2D eigenvalue weighted by Gasteiger charge is -2.40. The van der Waals surface area contributed by atoms with Crippen molar-refractivity contribution in [3.8, 4) is 5.75 Å². The molecule has 1 fully saturated rings. The Bertz CT molecular complexity index is 828. The van der Waals surface area contributed by atoms with Crippen LogP contribution in [0.2, 0.25) is 0 Å². The highest BCUT2D eigenvalue weighted by Crippen LogP contribution is 2.40. The Kier molecular flexibility index (Phi) is 6.75. The molecule has 0 aliphatic heterocycles. The van der Waals surface area contributed by atoms with Gasteiger partial charge in [-0.3, -0.25) is 4.79 Å². The molecule has 2 aromatic carbocycles. The van der Waals surface area contributed by atoms with E-state index in [0.717, 1.165) is 12.8 Å². The molecule has 2 aromatic rings. The standard InChI is InChI=1S/C23H27NO5/c1-27-20-11-7-6-10-19(20)21(25)24-16-23(17-8-4-3-5-9-17)14-12-18(13-15-23)29-22(26)28-2/h3-11,18H,12-16H2,1-2H3,(H,24,25)/t18-,23+. The molecule has 6 nitrogen and oxygen atoms in total. The summed E-state index contributed by atoms with van der Waals surface area (Å²) in [5.74, 6) is 0.389. The lowest BCUT2D eigenvalue weighted by Crippen LogP contribution is -2.44. The van der Waals surface area contributed by atoms with Gasteiger partial charge in [-0.1, -0.05) is 42.5 Å². The van der Waals surface area contributed by atoms with Gasteiger partial charge in [-0.2, -0.15) is 0 Å². The summed E-state index contributed by atoms with van der Waals surface area (Å²) in [5.41, 5.74) is 1.48. The number of amides is 1. The van der Waals surface area contributed by atoms with Crippen LogP contribution in [0, 0.1) is 0 Å². The van der Waals surface area contributed by atoms with Gasteiger partial charge in [0.25, 0.3) is 5.91 Å². The molecule has 3 rings (SSSR count). The maximum atomic E-state index is 12.8. The molecule has 1 N–H and O–H groups in total. The van der Waals surface area contributed by atoms with E-state index >= 15 is 0 Å². The van der Waals surface area contributed by atoms with E-state index in [1.165, 1.54) is 12.7 Å². The Morgan fingerprint density at radius 2 is 1.66 bits per heavy atom. The third-order valence-corrected chi connectivity index (χ3v) is 5.64. The number of benzene rings is 2. The van der Waals surface area contributed by atoms with E-state index < -0.39 is 6.16 Å². The molecule has 0 spiro atoms. The molecule has 1 amide bonds. The van der Waals surface area contributed by atoms with Gasteiger partial charge in [0.15, 0.2) is 0 Å². The van der Waals surface area contributed by atoms with Crippen molar-refractivity contribution in [2.75, 3.05) is 20.8 Å². The number of nitrogens with one attached hydrogen (secondary N) is 1. The van der Waals surface area contributed by atoms with Crippen LogP contribution >= 0.6 is 0 Å². The summed E-state index contributed by atoms with van der Waals surface area (Å²) in [5, 5.41) is 3.10. The molecule has 154 valence electrons. The molecule has 0 atom stereocenters. The zero-order chi connectivity index (χ0) is 20.7. The largest absolute Gasteiger partial charge is 0.508 e. The van der Waals surface area contributed by atoms with Crippen molar-refractivity contribution in [3.05, 3.63) is 65.7 Å². The van der Waals surface area contributed by atoms with Gasteiger partial charge in [0.1, 0.15) is 11.9 Å². The van der Waals surface area contributed by atoms with Crippen LogP contribution in [-0.2, 0) is 14.9 Å². The molecule has 0 bridgehead atoms. The minimum absolute atomic E-state index is 0.161. The van der Waals surface area contributed by atoms with Crippen molar-refractivity contribution in [3.63, 3.8) is 0 Å². The van der Waals surface area contributed by atoms with E-state index in [4.69, 9.17) is 9.47 Å². The topological polar surface area (TPSA) is 73.9 Å². The molecule has 0 aromatic heterocycles. The Labute approximate surface area is 171 Å². The Morgan fingerprint density at radius 1 is 1.00 bits per heavy atom. The van der Waals surface area contributed by atoms with Crippen LogP contribution in [0.5, 0.6) is 5.75 Å². The van der Waals surface area contributed by atoms with E-state index in [-0.39, 0.29) is 17.4 Å². The minimum atomic E-state index is -0.647. The second-order valence-electron chi connectivity index (χ2n) is 7.30. The van der Waals surface area contributed by atoms with Crippen molar-refractivity contribution in [1.82, 2.24) is 5.32 Å². The highest BCUT2D eigenvalue weighted by Gasteiger charge is 2.38. The number of methoxy groups -OCH3 is 2. The average molecular weight is 397 g/mol. The summed E-state index contributed by atoms with van der Waals surface area (Å²) < 4.78 is 15.2. The first-order chi connectivity index (χ1) is 14.1. The number of ether oxygens (including phenoxy) is 3. The van der Waals surface area contributed by atoms with E-state index in [0.29, 0.717) is 30.7 Å². The number of hydrogen-bond acceptors (Lipinski definition) is 5. The number of hydrogen-bond donors (Lipinski definition) is 1. The second-order valence-corrected chi connectivity index (χ2v) is 7.30. The van der Waals surface area contributed by atoms with Crippen molar-refractivity contribution < 1.29 is 23.8 Å². The third kappa shape index (κ3) is 4.88. The lowest BCUT2D eigenvalue weighted by molar-refractivity contribution is 0.0127. The first kappa shape index (κ1) is 20.7. The van der Waals surface area contributed by atoms with Gasteiger partial charge in [0.05, 0.1) is 19.8 Å². The van der Waals surface area contributed by atoms with Crippen molar-refractivity contribution >= 4 is 12.1 Å². The maximum absolute atomic E-state index is 12.8. The monoisotopic (exact) mass is 397 g/mol. The normalized spacial score (nSPS) is 21.1. The Morgan fingerprint density at radius 3 is 2.31 bits per heavy atom. The second kappa shape index (κ2) is 9.45. The van der Waals surface area contributed by atoms with E-state index in [9.17, 15) is 9.59 Å². The maximum Gasteiger partial charge on any atom is 0.508 e. The molecule has 1 saturated carbocycles. The summed E-state index contributed by atoms with van der Waals surface area (Å²) in [7, 11) is 2.87.